The largest absolute Gasteiger partial charge is 0.419 e. The highest BCUT2D eigenvalue weighted by Gasteiger charge is 2.36. The van der Waals surface area contributed by atoms with Gasteiger partial charge in [0.15, 0.2) is 11.6 Å². The van der Waals surface area contributed by atoms with Crippen LogP contribution in [0.25, 0.3) is 0 Å². The summed E-state index contributed by atoms with van der Waals surface area (Å²) >= 11 is 0. The molecule has 9 heteroatoms. The minimum absolute atomic E-state index is 0.223. The van der Waals surface area contributed by atoms with Gasteiger partial charge in [0, 0.05) is 0 Å². The van der Waals surface area contributed by atoms with Crippen LogP contribution >= 0.6 is 0 Å². The van der Waals surface area contributed by atoms with E-state index >= 15 is 0 Å². The van der Waals surface area contributed by atoms with Crippen molar-refractivity contribution in [2.24, 2.45) is 0 Å². The average Bonchev–Trinajstić information content (AvgIpc) is 2.50. The van der Waals surface area contributed by atoms with E-state index in [1.165, 1.54) is 24.3 Å². The van der Waals surface area contributed by atoms with Crippen molar-refractivity contribution in [1.82, 2.24) is 0 Å². The van der Waals surface area contributed by atoms with Gasteiger partial charge in [-0.15, -0.1) is 0 Å². The molecule has 2 aromatic carbocycles. The van der Waals surface area contributed by atoms with E-state index in [0.29, 0.717) is 12.5 Å². The average molecular weight is 365 g/mol. The Morgan fingerprint density at radius 1 is 0.958 bits per heavy atom. The summed E-state index contributed by atoms with van der Waals surface area (Å²) in [7, 11) is -4.26. The van der Waals surface area contributed by atoms with Crippen LogP contribution in [0.2, 0.25) is 0 Å². The fourth-order valence-electron chi connectivity index (χ4n) is 1.96. The first-order valence-corrected chi connectivity index (χ1v) is 8.21. The molecule has 0 aliphatic carbocycles. The smallest absolute Gasteiger partial charge is 0.277 e. The summed E-state index contributed by atoms with van der Waals surface area (Å²) in [4.78, 5) is -0.223. The van der Waals surface area contributed by atoms with E-state index in [0.717, 1.165) is 5.56 Å². The monoisotopic (exact) mass is 365 g/mol. The van der Waals surface area contributed by atoms with Crippen LogP contribution < -0.4 is 4.72 Å². The zero-order chi connectivity index (χ0) is 18.1. The van der Waals surface area contributed by atoms with Crippen LogP contribution in [-0.2, 0) is 22.6 Å². The van der Waals surface area contributed by atoms with Crippen molar-refractivity contribution in [2.45, 2.75) is 24.4 Å². The summed E-state index contributed by atoms with van der Waals surface area (Å²) in [5.41, 5.74) is -1.85. The number of aryl methyl sites for hydroxylation is 1. The lowest BCUT2D eigenvalue weighted by Gasteiger charge is -2.13. The second-order valence-electron chi connectivity index (χ2n) is 4.89. The van der Waals surface area contributed by atoms with Gasteiger partial charge in [0.05, 0.1) is 16.1 Å². The van der Waals surface area contributed by atoms with Gasteiger partial charge in [-0.2, -0.15) is 13.2 Å². The van der Waals surface area contributed by atoms with Crippen molar-refractivity contribution < 1.29 is 30.4 Å². The van der Waals surface area contributed by atoms with Gasteiger partial charge in [0.25, 0.3) is 10.0 Å². The molecule has 2 rings (SSSR count). The lowest BCUT2D eigenvalue weighted by atomic mass is 10.2. The van der Waals surface area contributed by atoms with Gasteiger partial charge in [0.2, 0.25) is 0 Å². The Bertz CT molecular complexity index is 845. The van der Waals surface area contributed by atoms with Crippen LogP contribution in [0.3, 0.4) is 0 Å². The molecule has 0 radical (unpaired) electrons. The van der Waals surface area contributed by atoms with Gasteiger partial charge >= 0.3 is 6.18 Å². The number of benzene rings is 2. The zero-order valence-electron chi connectivity index (χ0n) is 12.3. The highest BCUT2D eigenvalue weighted by atomic mass is 32.2. The minimum atomic E-state index is -5.09. The summed E-state index contributed by atoms with van der Waals surface area (Å²) in [6.07, 6.45) is -4.41. The molecule has 0 heterocycles. The highest BCUT2D eigenvalue weighted by molar-refractivity contribution is 7.92. The van der Waals surface area contributed by atoms with Crippen LogP contribution in [0, 0.1) is 11.6 Å². The van der Waals surface area contributed by atoms with Crippen molar-refractivity contribution >= 4 is 15.7 Å². The number of sulfonamides is 1. The molecule has 1 N–H and O–H groups in total. The van der Waals surface area contributed by atoms with E-state index in [4.69, 9.17) is 0 Å². The zero-order valence-corrected chi connectivity index (χ0v) is 13.1. The van der Waals surface area contributed by atoms with Crippen molar-refractivity contribution in [3.05, 3.63) is 59.2 Å². The lowest BCUT2D eigenvalue weighted by Crippen LogP contribution is -2.16. The molecule has 0 aliphatic rings. The third-order valence-corrected chi connectivity index (χ3v) is 4.66. The molecule has 0 fully saturated rings. The summed E-state index contributed by atoms with van der Waals surface area (Å²) in [5.74, 6) is -4.08. The summed E-state index contributed by atoms with van der Waals surface area (Å²) < 4.78 is 90.7. The molecule has 2 aromatic rings. The van der Waals surface area contributed by atoms with Crippen molar-refractivity contribution in [3.63, 3.8) is 0 Å². The quantitative estimate of drug-likeness (QED) is 0.819. The second-order valence-corrected chi connectivity index (χ2v) is 6.57. The molecule has 0 bridgehead atoms. The normalized spacial score (nSPS) is 12.2. The topological polar surface area (TPSA) is 46.2 Å². The van der Waals surface area contributed by atoms with Crippen molar-refractivity contribution in [3.8, 4) is 0 Å². The van der Waals surface area contributed by atoms with Crippen LogP contribution in [0.4, 0.5) is 27.6 Å². The maximum Gasteiger partial charge on any atom is 0.419 e. The number of nitrogens with one attached hydrogen (secondary N) is 1. The number of halogens is 5. The van der Waals surface area contributed by atoms with E-state index in [1.54, 1.807) is 4.72 Å². The lowest BCUT2D eigenvalue weighted by molar-refractivity contribution is -0.140. The summed E-state index contributed by atoms with van der Waals surface area (Å²) in [5, 5.41) is 0. The first-order chi connectivity index (χ1) is 11.1. The van der Waals surface area contributed by atoms with Crippen LogP contribution in [0.1, 0.15) is 18.1 Å². The fourth-order valence-corrected chi connectivity index (χ4v) is 3.01. The number of hydrogen-bond donors (Lipinski definition) is 1. The number of anilines is 1. The Balaban J connectivity index is 2.38. The Morgan fingerprint density at radius 2 is 1.54 bits per heavy atom. The molecule has 0 atom stereocenters. The number of alkyl halides is 3. The molecule has 24 heavy (non-hydrogen) atoms. The van der Waals surface area contributed by atoms with Crippen LogP contribution in [0.5, 0.6) is 0 Å². The van der Waals surface area contributed by atoms with Gasteiger partial charge in [-0.25, -0.2) is 17.2 Å². The summed E-state index contributed by atoms with van der Waals surface area (Å²) in [6.45, 7) is 1.86. The number of hydrogen-bond acceptors (Lipinski definition) is 2. The minimum Gasteiger partial charge on any atom is -0.277 e. The maximum atomic E-state index is 13.8. The molecule has 0 aliphatic heterocycles. The number of rotatable bonds is 4. The molecule has 130 valence electrons. The predicted molar refractivity (Wildman–Crippen MR) is 78.0 cm³/mol. The van der Waals surface area contributed by atoms with Gasteiger partial charge in [-0.1, -0.05) is 19.1 Å². The van der Waals surface area contributed by atoms with E-state index < -0.39 is 39.1 Å². The van der Waals surface area contributed by atoms with Gasteiger partial charge in [-0.3, -0.25) is 4.72 Å². The third-order valence-electron chi connectivity index (χ3n) is 3.27. The molecule has 0 amide bonds. The van der Waals surface area contributed by atoms with Crippen molar-refractivity contribution in [1.29, 1.82) is 0 Å². The fraction of sp³-hybridized carbons (Fsp3) is 0.200. The van der Waals surface area contributed by atoms with Gasteiger partial charge in [-0.05, 0) is 36.2 Å². The van der Waals surface area contributed by atoms with E-state index in [-0.39, 0.29) is 11.0 Å². The standard InChI is InChI=1S/C15H12F5NO2S/c1-2-9-3-5-10(6-4-9)24(22,23)21-12-8-7-11(15(18,19)20)13(16)14(12)17/h3-8,21H,2H2,1H3. The Morgan fingerprint density at radius 3 is 2.04 bits per heavy atom. The summed E-state index contributed by atoms with van der Waals surface area (Å²) in [6, 6.07) is 6.41. The first-order valence-electron chi connectivity index (χ1n) is 6.73. The second kappa shape index (κ2) is 6.39. The molecular formula is C15H12F5NO2S. The molecular weight excluding hydrogens is 353 g/mol. The Hall–Kier alpha value is -2.16. The molecule has 0 saturated carbocycles. The SMILES string of the molecule is CCc1ccc(S(=O)(=O)Nc2ccc(C(F)(F)F)c(F)c2F)cc1. The molecule has 0 aromatic heterocycles. The Labute approximate surface area is 135 Å². The predicted octanol–water partition coefficient (Wildman–Crippen LogP) is 4.35. The van der Waals surface area contributed by atoms with E-state index in [1.807, 2.05) is 6.92 Å². The molecule has 3 nitrogen and oxygen atoms in total. The first kappa shape index (κ1) is 18.2. The van der Waals surface area contributed by atoms with E-state index in [9.17, 15) is 30.4 Å². The van der Waals surface area contributed by atoms with Gasteiger partial charge in [0.1, 0.15) is 0 Å². The van der Waals surface area contributed by atoms with E-state index in [2.05, 4.69) is 0 Å². The molecule has 0 saturated heterocycles. The highest BCUT2D eigenvalue weighted by Crippen LogP contribution is 2.34. The van der Waals surface area contributed by atoms with Gasteiger partial charge < -0.3 is 0 Å². The van der Waals surface area contributed by atoms with Crippen LogP contribution in [0.15, 0.2) is 41.3 Å². The Kier molecular flexibility index (Phi) is 4.84. The van der Waals surface area contributed by atoms with Crippen LogP contribution in [-0.4, -0.2) is 8.42 Å². The molecule has 0 spiro atoms. The molecule has 0 unspecified atom stereocenters. The maximum absolute atomic E-state index is 13.8. The van der Waals surface area contributed by atoms with Crippen molar-refractivity contribution in [2.75, 3.05) is 4.72 Å². The third kappa shape index (κ3) is 3.66.